The van der Waals surface area contributed by atoms with Gasteiger partial charge in [-0.15, -0.1) is 0 Å². The lowest BCUT2D eigenvalue weighted by atomic mass is 9.74. The van der Waals surface area contributed by atoms with Gasteiger partial charge in [-0.2, -0.15) is 5.26 Å². The van der Waals surface area contributed by atoms with Gasteiger partial charge in [0.2, 0.25) is 0 Å². The second-order valence-electron chi connectivity index (χ2n) is 8.85. The monoisotopic (exact) mass is 367 g/mol. The summed E-state index contributed by atoms with van der Waals surface area (Å²) >= 11 is 0. The van der Waals surface area contributed by atoms with Crippen molar-refractivity contribution in [3.05, 3.63) is 47.8 Å². The van der Waals surface area contributed by atoms with Crippen LogP contribution >= 0.6 is 0 Å². The predicted octanol–water partition coefficient (Wildman–Crippen LogP) is 7.68. The molecule has 0 unspecified atom stereocenters. The molecule has 2 saturated carbocycles. The van der Waals surface area contributed by atoms with Crippen molar-refractivity contribution in [3.8, 4) is 6.07 Å². The van der Waals surface area contributed by atoms with Gasteiger partial charge in [0.05, 0.1) is 18.0 Å². The Morgan fingerprint density at radius 1 is 0.815 bits per heavy atom. The van der Waals surface area contributed by atoms with Gasteiger partial charge in [0.15, 0.2) is 0 Å². The Labute approximate surface area is 164 Å². The van der Waals surface area contributed by atoms with E-state index in [9.17, 15) is 4.39 Å². The van der Waals surface area contributed by atoms with Crippen LogP contribution in [0.2, 0.25) is 0 Å². The fourth-order valence-corrected chi connectivity index (χ4v) is 5.29. The molecule has 0 aromatic heterocycles. The Balaban J connectivity index is 1.32. The number of hydrogen-bond acceptors (Lipinski definition) is 1. The molecule has 0 amide bonds. The second kappa shape index (κ2) is 10.6. The normalized spacial score (nSPS) is 28.9. The van der Waals surface area contributed by atoms with E-state index in [1.54, 1.807) is 6.08 Å². The van der Waals surface area contributed by atoms with Crippen LogP contribution in [0.1, 0.15) is 94.1 Å². The number of halogens is 1. The fraction of sp³-hybridized carbons (Fsp3) is 0.640. The molecular formula is C25H34FN. The summed E-state index contributed by atoms with van der Waals surface area (Å²) in [4.78, 5) is 0. The number of rotatable bonds is 7. The van der Waals surface area contributed by atoms with Gasteiger partial charge < -0.3 is 0 Å². The third-order valence-corrected chi connectivity index (χ3v) is 7.14. The maximum atomic E-state index is 12.0. The van der Waals surface area contributed by atoms with Gasteiger partial charge in [-0.05, 0) is 79.9 Å². The highest BCUT2D eigenvalue weighted by Gasteiger charge is 2.25. The first-order chi connectivity index (χ1) is 13.3. The first kappa shape index (κ1) is 20.1. The average molecular weight is 368 g/mol. The zero-order valence-electron chi connectivity index (χ0n) is 16.6. The number of nitriles is 1. The van der Waals surface area contributed by atoms with Crippen molar-refractivity contribution in [2.75, 3.05) is 0 Å². The molecule has 0 saturated heterocycles. The maximum absolute atomic E-state index is 12.0. The van der Waals surface area contributed by atoms with Crippen LogP contribution in [0.3, 0.4) is 0 Å². The summed E-state index contributed by atoms with van der Waals surface area (Å²) in [6.45, 7) is 0. The second-order valence-corrected chi connectivity index (χ2v) is 8.85. The largest absolute Gasteiger partial charge is 0.216 e. The molecule has 0 spiro atoms. The molecule has 0 aliphatic heterocycles. The zero-order chi connectivity index (χ0) is 18.9. The van der Waals surface area contributed by atoms with Crippen LogP contribution in [0.15, 0.2) is 36.7 Å². The highest BCUT2D eigenvalue weighted by Crippen LogP contribution is 2.40. The number of hydrogen-bond donors (Lipinski definition) is 0. The minimum Gasteiger partial charge on any atom is -0.216 e. The summed E-state index contributed by atoms with van der Waals surface area (Å²) in [5.41, 5.74) is 2.19. The summed E-state index contributed by atoms with van der Waals surface area (Å²) in [5.74, 6) is 3.39. The van der Waals surface area contributed by atoms with Crippen molar-refractivity contribution in [3.63, 3.8) is 0 Å². The zero-order valence-corrected chi connectivity index (χ0v) is 16.6. The first-order valence-electron chi connectivity index (χ1n) is 11.0. The first-order valence-corrected chi connectivity index (χ1v) is 11.0. The van der Waals surface area contributed by atoms with Crippen molar-refractivity contribution in [2.45, 2.75) is 83.0 Å². The Kier molecular flexibility index (Phi) is 7.93. The van der Waals surface area contributed by atoms with E-state index in [0.29, 0.717) is 12.2 Å². The molecule has 2 aliphatic carbocycles. The molecule has 1 aromatic rings. The van der Waals surface area contributed by atoms with Crippen molar-refractivity contribution >= 4 is 0 Å². The van der Waals surface area contributed by atoms with Gasteiger partial charge in [-0.1, -0.05) is 56.7 Å². The van der Waals surface area contributed by atoms with Gasteiger partial charge in [-0.3, -0.25) is 0 Å². The molecule has 3 rings (SSSR count). The smallest absolute Gasteiger partial charge is 0.0991 e. The van der Waals surface area contributed by atoms with Crippen molar-refractivity contribution in [1.82, 2.24) is 0 Å². The van der Waals surface area contributed by atoms with Gasteiger partial charge in [-0.25, -0.2) is 4.39 Å². The highest BCUT2D eigenvalue weighted by molar-refractivity contribution is 5.33. The third kappa shape index (κ3) is 6.20. The van der Waals surface area contributed by atoms with E-state index in [1.807, 2.05) is 12.1 Å². The number of allylic oxidation sites excluding steroid dienone is 1. The summed E-state index contributed by atoms with van der Waals surface area (Å²) in [6, 6.07) is 10.5. The van der Waals surface area contributed by atoms with Crippen molar-refractivity contribution in [1.29, 1.82) is 5.26 Å². The summed E-state index contributed by atoms with van der Waals surface area (Å²) < 4.78 is 12.0. The van der Waals surface area contributed by atoms with Crippen LogP contribution in [0.4, 0.5) is 4.39 Å². The maximum Gasteiger partial charge on any atom is 0.0991 e. The topological polar surface area (TPSA) is 23.8 Å². The lowest BCUT2D eigenvalue weighted by molar-refractivity contribution is 0.225. The molecule has 0 radical (unpaired) electrons. The van der Waals surface area contributed by atoms with Crippen LogP contribution in [0.25, 0.3) is 0 Å². The van der Waals surface area contributed by atoms with Crippen LogP contribution in [-0.4, -0.2) is 0 Å². The number of nitrogens with zero attached hydrogens (tertiary/aromatic N) is 1. The van der Waals surface area contributed by atoms with Crippen molar-refractivity contribution in [2.24, 2.45) is 17.8 Å². The van der Waals surface area contributed by atoms with Crippen LogP contribution in [0.5, 0.6) is 0 Å². The molecule has 2 aliphatic rings. The quantitative estimate of drug-likeness (QED) is 0.485. The third-order valence-electron chi connectivity index (χ3n) is 7.14. The molecule has 0 N–H and O–H groups in total. The molecule has 0 heterocycles. The summed E-state index contributed by atoms with van der Waals surface area (Å²) in [6.07, 6.45) is 18.1. The number of benzene rings is 1. The predicted molar refractivity (Wildman–Crippen MR) is 110 cm³/mol. The lowest BCUT2D eigenvalue weighted by Crippen LogP contribution is -2.17. The lowest BCUT2D eigenvalue weighted by Gasteiger charge is -2.32. The molecule has 27 heavy (non-hydrogen) atoms. The van der Waals surface area contributed by atoms with E-state index in [0.717, 1.165) is 29.7 Å². The molecule has 146 valence electrons. The van der Waals surface area contributed by atoms with E-state index >= 15 is 0 Å². The van der Waals surface area contributed by atoms with Gasteiger partial charge in [0, 0.05) is 0 Å². The van der Waals surface area contributed by atoms with Gasteiger partial charge in [0.1, 0.15) is 0 Å². The van der Waals surface area contributed by atoms with E-state index in [-0.39, 0.29) is 0 Å². The van der Waals surface area contributed by atoms with E-state index < -0.39 is 0 Å². The highest BCUT2D eigenvalue weighted by atomic mass is 19.1. The Morgan fingerprint density at radius 2 is 1.33 bits per heavy atom. The van der Waals surface area contributed by atoms with Gasteiger partial charge in [0.25, 0.3) is 0 Å². The van der Waals surface area contributed by atoms with E-state index in [4.69, 9.17) is 5.26 Å². The summed E-state index contributed by atoms with van der Waals surface area (Å²) in [7, 11) is 0. The Hall–Kier alpha value is -1.62. The summed E-state index contributed by atoms with van der Waals surface area (Å²) in [5, 5.41) is 8.94. The molecule has 1 aromatic carbocycles. The van der Waals surface area contributed by atoms with Crippen LogP contribution < -0.4 is 0 Å². The SMILES string of the molecule is N#Cc1ccc(C2CCC(CCC3CCC(CCC=CF)CC3)CC2)cc1. The molecule has 0 atom stereocenters. The van der Waals surface area contributed by atoms with Crippen molar-refractivity contribution < 1.29 is 4.39 Å². The standard InChI is InChI=1S/C25H34FN/c26-18-2-1-3-20-4-6-21(7-5-20)8-9-22-10-14-24(15-11-22)25-16-12-23(19-27)13-17-25/h2,12-13,16-18,20-22,24H,1,3-11,14-15H2. The molecule has 0 bridgehead atoms. The van der Waals surface area contributed by atoms with Gasteiger partial charge >= 0.3 is 0 Å². The Bertz CT molecular complexity index is 611. The van der Waals surface area contributed by atoms with Crippen LogP contribution in [-0.2, 0) is 0 Å². The van der Waals surface area contributed by atoms with Crippen LogP contribution in [0, 0.1) is 29.1 Å². The fourth-order valence-electron chi connectivity index (χ4n) is 5.29. The molecule has 2 heteroatoms. The minimum absolute atomic E-state index is 0.696. The van der Waals surface area contributed by atoms with E-state index in [1.165, 1.54) is 76.2 Å². The molecule has 1 nitrogen and oxygen atoms in total. The molecule has 2 fully saturated rings. The van der Waals surface area contributed by atoms with E-state index in [2.05, 4.69) is 18.2 Å². The molecular weight excluding hydrogens is 333 g/mol. The average Bonchev–Trinajstić information content (AvgIpc) is 2.74. The minimum atomic E-state index is 0.696. The Morgan fingerprint density at radius 3 is 1.85 bits per heavy atom.